The monoisotopic (exact) mass is 1440 g/mol. The Hall–Kier alpha value is -1.94. The number of phosphoric ester groups is 2. The van der Waals surface area contributed by atoms with Gasteiger partial charge in [-0.3, -0.25) is 37.3 Å². The second kappa shape index (κ2) is 70.7. The Balaban J connectivity index is 5.25. The van der Waals surface area contributed by atoms with Crippen molar-refractivity contribution in [2.45, 2.75) is 432 Å². The van der Waals surface area contributed by atoms with E-state index in [1.54, 1.807) is 0 Å². The predicted molar refractivity (Wildman–Crippen MR) is 400 cm³/mol. The summed E-state index contributed by atoms with van der Waals surface area (Å²) in [5.74, 6) is -0.490. The number of hydrogen-bond donors (Lipinski definition) is 3. The van der Waals surface area contributed by atoms with E-state index < -0.39 is 97.5 Å². The lowest BCUT2D eigenvalue weighted by Crippen LogP contribution is -2.30. The Morgan fingerprint density at radius 1 is 0.296 bits per heavy atom. The van der Waals surface area contributed by atoms with Gasteiger partial charge in [0, 0.05) is 25.7 Å². The summed E-state index contributed by atoms with van der Waals surface area (Å²) in [5, 5.41) is 10.6. The van der Waals surface area contributed by atoms with E-state index in [1.807, 2.05) is 0 Å². The molecular formula is C79H154O17P2. The van der Waals surface area contributed by atoms with E-state index in [4.69, 9.17) is 37.0 Å². The Labute approximate surface area is 600 Å². The third-order valence-corrected chi connectivity index (χ3v) is 20.7. The number of unbranched alkanes of at least 4 members (excludes halogenated alkanes) is 47. The summed E-state index contributed by atoms with van der Waals surface area (Å²) >= 11 is 0. The SMILES string of the molecule is CCCCCCCCCCCCCCCC(=O)O[C@H](COC(=O)CCCCCCCCCCCCCC)COP(=O)(O)OC[C@H](O)COP(=O)(O)OC[C@@H](COC(=O)CCCCCCCCCCCCC(C)CC)OC(=O)CCCCCCCCCCCCCCCCCCC(C)C. The van der Waals surface area contributed by atoms with Gasteiger partial charge in [-0.05, 0) is 37.5 Å². The number of phosphoric acid groups is 2. The molecule has 0 saturated carbocycles. The van der Waals surface area contributed by atoms with E-state index in [9.17, 15) is 43.2 Å². The van der Waals surface area contributed by atoms with Gasteiger partial charge in [0.2, 0.25) is 0 Å². The molecule has 0 bridgehead atoms. The van der Waals surface area contributed by atoms with Crippen LogP contribution in [0.1, 0.15) is 414 Å². The van der Waals surface area contributed by atoms with Gasteiger partial charge >= 0.3 is 39.5 Å². The van der Waals surface area contributed by atoms with Gasteiger partial charge < -0.3 is 33.8 Å². The molecule has 0 saturated heterocycles. The molecule has 0 aromatic carbocycles. The van der Waals surface area contributed by atoms with E-state index in [0.29, 0.717) is 25.7 Å². The summed E-state index contributed by atoms with van der Waals surface area (Å²) in [6, 6.07) is 0. The summed E-state index contributed by atoms with van der Waals surface area (Å²) < 4.78 is 68.7. The minimum Gasteiger partial charge on any atom is -0.462 e. The molecule has 0 radical (unpaired) electrons. The summed E-state index contributed by atoms with van der Waals surface area (Å²) in [5.41, 5.74) is 0. The van der Waals surface area contributed by atoms with Crippen molar-refractivity contribution in [1.82, 2.24) is 0 Å². The number of carbonyl (C=O) groups excluding carboxylic acids is 4. The third kappa shape index (κ3) is 71.1. The molecule has 98 heavy (non-hydrogen) atoms. The van der Waals surface area contributed by atoms with Crippen LogP contribution in [0.2, 0.25) is 0 Å². The van der Waals surface area contributed by atoms with Gasteiger partial charge in [0.15, 0.2) is 12.2 Å². The summed E-state index contributed by atoms with van der Waals surface area (Å²) in [6.45, 7) is 9.68. The van der Waals surface area contributed by atoms with Crippen LogP contribution < -0.4 is 0 Å². The number of aliphatic hydroxyl groups is 1. The smallest absolute Gasteiger partial charge is 0.462 e. The van der Waals surface area contributed by atoms with E-state index >= 15 is 0 Å². The fourth-order valence-corrected chi connectivity index (χ4v) is 13.7. The minimum atomic E-state index is -4.96. The highest BCUT2D eigenvalue weighted by Crippen LogP contribution is 2.45. The van der Waals surface area contributed by atoms with Crippen molar-refractivity contribution in [3.63, 3.8) is 0 Å². The molecule has 0 heterocycles. The topological polar surface area (TPSA) is 237 Å². The van der Waals surface area contributed by atoms with Gasteiger partial charge in [0.1, 0.15) is 19.3 Å². The number of rotatable bonds is 78. The van der Waals surface area contributed by atoms with Crippen LogP contribution in [-0.4, -0.2) is 96.7 Å². The van der Waals surface area contributed by atoms with Crippen molar-refractivity contribution in [2.24, 2.45) is 11.8 Å². The lowest BCUT2D eigenvalue weighted by Gasteiger charge is -2.21. The third-order valence-electron chi connectivity index (χ3n) is 18.8. The maximum Gasteiger partial charge on any atom is 0.472 e. The molecule has 0 spiro atoms. The maximum absolute atomic E-state index is 13.1. The molecule has 0 fully saturated rings. The van der Waals surface area contributed by atoms with Crippen LogP contribution in [0.5, 0.6) is 0 Å². The van der Waals surface area contributed by atoms with Crippen molar-refractivity contribution >= 4 is 39.5 Å². The molecular weight excluding hydrogens is 1280 g/mol. The zero-order chi connectivity index (χ0) is 72.1. The largest absolute Gasteiger partial charge is 0.472 e. The van der Waals surface area contributed by atoms with E-state index in [-0.39, 0.29) is 25.7 Å². The lowest BCUT2D eigenvalue weighted by molar-refractivity contribution is -0.161. The molecule has 0 aliphatic heterocycles. The fourth-order valence-electron chi connectivity index (χ4n) is 12.2. The molecule has 19 heteroatoms. The number of esters is 4. The van der Waals surface area contributed by atoms with Gasteiger partial charge in [-0.25, -0.2) is 9.13 Å². The van der Waals surface area contributed by atoms with Crippen LogP contribution in [0, 0.1) is 11.8 Å². The van der Waals surface area contributed by atoms with Crippen LogP contribution >= 0.6 is 15.6 Å². The Kier molecular flexibility index (Phi) is 69.3. The van der Waals surface area contributed by atoms with Gasteiger partial charge in [-0.2, -0.15) is 0 Å². The van der Waals surface area contributed by atoms with Crippen molar-refractivity contribution in [3.8, 4) is 0 Å². The number of ether oxygens (including phenoxy) is 4. The predicted octanol–water partition coefficient (Wildman–Crippen LogP) is 23.5. The van der Waals surface area contributed by atoms with Gasteiger partial charge in [0.25, 0.3) is 0 Å². The standard InChI is InChI=1S/C79H154O17P2/c1-7-10-12-14-16-18-20-26-31-39-45-51-57-63-78(83)95-74(67-89-76(81)61-55-49-43-37-30-21-19-17-15-13-11-8-2)69-93-97(85,86)91-65-73(80)66-92-98(87,88)94-70-75(68-90-77(82)62-56-50-44-38-34-33-36-42-48-54-60-72(6)9-3)96-79(84)64-58-52-46-40-32-28-25-23-22-24-27-29-35-41-47-53-59-71(4)5/h71-75,80H,7-70H2,1-6H3,(H,85,86)(H,87,88)/t72?,73-,74+,75+/m0/s1. The van der Waals surface area contributed by atoms with Crippen molar-refractivity contribution in [2.75, 3.05) is 39.6 Å². The van der Waals surface area contributed by atoms with E-state index in [2.05, 4.69) is 41.5 Å². The number of aliphatic hydroxyl groups excluding tert-OH is 1. The highest BCUT2D eigenvalue weighted by molar-refractivity contribution is 7.47. The fraction of sp³-hybridized carbons (Fsp3) is 0.949. The summed E-state index contributed by atoms with van der Waals surface area (Å²) in [6.07, 6.45) is 59.4. The molecule has 0 aromatic heterocycles. The molecule has 17 nitrogen and oxygen atoms in total. The second-order valence-corrected chi connectivity index (χ2v) is 32.1. The lowest BCUT2D eigenvalue weighted by atomic mass is 9.99. The first-order valence-electron chi connectivity index (χ1n) is 41.0. The van der Waals surface area contributed by atoms with Crippen LogP contribution in [0.15, 0.2) is 0 Å². The molecule has 0 aliphatic rings. The Morgan fingerprint density at radius 3 is 0.776 bits per heavy atom. The molecule has 0 rings (SSSR count). The molecule has 582 valence electrons. The maximum atomic E-state index is 13.1. The molecule has 3 N–H and O–H groups in total. The summed E-state index contributed by atoms with van der Waals surface area (Å²) in [4.78, 5) is 73.0. The van der Waals surface area contributed by atoms with Crippen molar-refractivity contribution in [1.29, 1.82) is 0 Å². The second-order valence-electron chi connectivity index (χ2n) is 29.2. The first-order chi connectivity index (χ1) is 47.4. The zero-order valence-corrected chi connectivity index (χ0v) is 65.9. The molecule has 3 unspecified atom stereocenters. The van der Waals surface area contributed by atoms with Crippen LogP contribution in [0.4, 0.5) is 0 Å². The van der Waals surface area contributed by atoms with Gasteiger partial charge in [-0.1, -0.05) is 363 Å². The van der Waals surface area contributed by atoms with E-state index in [0.717, 1.165) is 102 Å². The number of carbonyl (C=O) groups is 4. The van der Waals surface area contributed by atoms with Gasteiger partial charge in [-0.15, -0.1) is 0 Å². The average molecular weight is 1440 g/mol. The first kappa shape index (κ1) is 96.1. The van der Waals surface area contributed by atoms with Crippen LogP contribution in [0.3, 0.4) is 0 Å². The molecule has 0 aliphatic carbocycles. The Morgan fingerprint density at radius 2 is 0.520 bits per heavy atom. The van der Waals surface area contributed by atoms with Crippen LogP contribution in [-0.2, 0) is 65.4 Å². The van der Waals surface area contributed by atoms with E-state index in [1.165, 1.54) is 231 Å². The molecule has 0 amide bonds. The van der Waals surface area contributed by atoms with Crippen molar-refractivity contribution in [3.05, 3.63) is 0 Å². The summed E-state index contributed by atoms with van der Waals surface area (Å²) in [7, 11) is -9.92. The first-order valence-corrected chi connectivity index (χ1v) is 44.0. The molecule has 0 aromatic rings. The average Bonchev–Trinajstić information content (AvgIpc) is 0.957. The quantitative estimate of drug-likeness (QED) is 0.0222. The Bertz CT molecular complexity index is 1890. The van der Waals surface area contributed by atoms with Crippen molar-refractivity contribution < 1.29 is 80.2 Å². The normalized spacial score (nSPS) is 14.2. The highest BCUT2D eigenvalue weighted by atomic mass is 31.2. The number of hydrogen-bond acceptors (Lipinski definition) is 15. The highest BCUT2D eigenvalue weighted by Gasteiger charge is 2.30. The minimum absolute atomic E-state index is 0.108. The molecule has 6 atom stereocenters. The zero-order valence-electron chi connectivity index (χ0n) is 64.1. The van der Waals surface area contributed by atoms with Gasteiger partial charge in [0.05, 0.1) is 26.4 Å². The van der Waals surface area contributed by atoms with Crippen LogP contribution in [0.25, 0.3) is 0 Å².